The SMILES string of the molecule is CC(=O)Nc1cccc(-n2c(=O)n(C3CC3)c(=O)c3c(Nc4ccc(-c5cccc(C)c5-c5ccccn5)cc4F)n(C)c(=O)c(C)c32)c1. The van der Waals surface area contributed by atoms with E-state index in [-0.39, 0.29) is 39.9 Å². The molecule has 1 aliphatic rings. The van der Waals surface area contributed by atoms with Crippen molar-refractivity contribution in [3.63, 3.8) is 0 Å². The Morgan fingerprint density at radius 2 is 1.69 bits per heavy atom. The predicted octanol–water partition coefficient (Wildman–Crippen LogP) is 6.37. The first-order valence-corrected chi connectivity index (χ1v) is 15.9. The minimum Gasteiger partial charge on any atom is -0.338 e. The maximum Gasteiger partial charge on any atom is 0.336 e. The van der Waals surface area contributed by atoms with Crippen LogP contribution in [0.3, 0.4) is 0 Å². The van der Waals surface area contributed by atoms with Crippen LogP contribution in [0.4, 0.5) is 21.6 Å². The minimum absolute atomic E-state index is 0.0405. The van der Waals surface area contributed by atoms with Crippen LogP contribution >= 0.6 is 0 Å². The Morgan fingerprint density at radius 1 is 0.918 bits per heavy atom. The monoisotopic (exact) mass is 656 g/mol. The first kappa shape index (κ1) is 31.5. The lowest BCUT2D eigenvalue weighted by Crippen LogP contribution is -2.41. The summed E-state index contributed by atoms with van der Waals surface area (Å²) in [4.78, 5) is 58.3. The van der Waals surface area contributed by atoms with Crippen LogP contribution in [-0.4, -0.2) is 24.6 Å². The zero-order valence-corrected chi connectivity index (χ0v) is 27.4. The van der Waals surface area contributed by atoms with E-state index in [2.05, 4.69) is 15.6 Å². The highest BCUT2D eigenvalue weighted by Crippen LogP contribution is 2.37. The van der Waals surface area contributed by atoms with Gasteiger partial charge in [0.2, 0.25) is 5.91 Å². The summed E-state index contributed by atoms with van der Waals surface area (Å²) in [7, 11) is 1.50. The van der Waals surface area contributed by atoms with Gasteiger partial charge in [-0.25, -0.2) is 9.18 Å². The Hall–Kier alpha value is -6.10. The normalized spacial score (nSPS) is 12.7. The number of pyridine rings is 2. The van der Waals surface area contributed by atoms with Gasteiger partial charge in [0.15, 0.2) is 0 Å². The summed E-state index contributed by atoms with van der Waals surface area (Å²) in [5, 5.41) is 5.82. The maximum absolute atomic E-state index is 16.1. The van der Waals surface area contributed by atoms with E-state index in [1.54, 1.807) is 49.5 Å². The second kappa shape index (κ2) is 12.2. The van der Waals surface area contributed by atoms with Gasteiger partial charge in [0.05, 0.1) is 22.6 Å². The van der Waals surface area contributed by atoms with Gasteiger partial charge in [-0.2, -0.15) is 0 Å². The standard InChI is InChI=1S/C38H33FN6O4/c1-21-9-7-12-28(32(21)31-13-5-6-18-40-31)24-14-17-30(29(39)19-24)42-35-33-34(22(2)36(47)43(35)4)44(38(49)45(37(33)48)26-15-16-26)27-11-8-10-25(20-27)41-23(3)46/h5-14,17-20,26,42H,15-16H2,1-4H3,(H,41,46). The van der Waals surface area contributed by atoms with Gasteiger partial charge in [-0.1, -0.05) is 36.4 Å². The summed E-state index contributed by atoms with van der Waals surface area (Å²) >= 11 is 0. The van der Waals surface area contributed by atoms with E-state index in [0.29, 0.717) is 29.8 Å². The van der Waals surface area contributed by atoms with Crippen molar-refractivity contribution in [2.75, 3.05) is 10.6 Å². The fourth-order valence-electron chi connectivity index (χ4n) is 6.45. The average molecular weight is 657 g/mol. The third-order valence-electron chi connectivity index (χ3n) is 8.91. The number of hydrogen-bond donors (Lipinski definition) is 2. The Kier molecular flexibility index (Phi) is 7.82. The molecule has 0 saturated heterocycles. The number of rotatable bonds is 7. The Labute approximate surface area is 280 Å². The van der Waals surface area contributed by atoms with E-state index in [0.717, 1.165) is 22.4 Å². The molecule has 246 valence electrons. The Bertz CT molecular complexity index is 2500. The topological polar surface area (TPSA) is 120 Å². The first-order chi connectivity index (χ1) is 23.5. The van der Waals surface area contributed by atoms with E-state index in [1.165, 1.54) is 33.7 Å². The molecule has 6 aromatic rings. The third-order valence-corrected chi connectivity index (χ3v) is 8.91. The molecule has 1 amide bonds. The van der Waals surface area contributed by atoms with Crippen LogP contribution in [0.5, 0.6) is 0 Å². The number of hydrogen-bond acceptors (Lipinski definition) is 6. The van der Waals surface area contributed by atoms with Crippen molar-refractivity contribution in [1.29, 1.82) is 0 Å². The quantitative estimate of drug-likeness (QED) is 0.206. The van der Waals surface area contributed by atoms with Crippen molar-refractivity contribution >= 4 is 34.0 Å². The molecular formula is C38H33FN6O4. The summed E-state index contributed by atoms with van der Waals surface area (Å²) in [5.74, 6) is -0.851. The van der Waals surface area contributed by atoms with Gasteiger partial charge in [0.25, 0.3) is 11.1 Å². The average Bonchev–Trinajstić information content (AvgIpc) is 3.92. The van der Waals surface area contributed by atoms with Crippen LogP contribution in [0.15, 0.2) is 99.4 Å². The van der Waals surface area contributed by atoms with Crippen LogP contribution in [0.1, 0.15) is 36.9 Å². The lowest BCUT2D eigenvalue weighted by Gasteiger charge is -2.21. The van der Waals surface area contributed by atoms with Crippen molar-refractivity contribution in [3.8, 4) is 28.1 Å². The van der Waals surface area contributed by atoms with Crippen molar-refractivity contribution in [2.45, 2.75) is 39.7 Å². The van der Waals surface area contributed by atoms with Crippen LogP contribution in [-0.2, 0) is 11.8 Å². The largest absolute Gasteiger partial charge is 0.338 e. The molecule has 1 saturated carbocycles. The van der Waals surface area contributed by atoms with Crippen molar-refractivity contribution in [1.82, 2.24) is 18.7 Å². The molecule has 0 radical (unpaired) electrons. The molecule has 1 fully saturated rings. The number of anilines is 3. The van der Waals surface area contributed by atoms with Crippen molar-refractivity contribution in [3.05, 3.63) is 133 Å². The highest BCUT2D eigenvalue weighted by Gasteiger charge is 2.32. The molecule has 0 aliphatic heterocycles. The van der Waals surface area contributed by atoms with Gasteiger partial charge in [-0.15, -0.1) is 0 Å². The van der Waals surface area contributed by atoms with Gasteiger partial charge < -0.3 is 10.6 Å². The molecule has 0 atom stereocenters. The maximum atomic E-state index is 16.1. The fraction of sp³-hybridized carbons (Fsp3) is 0.184. The highest BCUT2D eigenvalue weighted by atomic mass is 19.1. The molecule has 0 spiro atoms. The molecule has 0 unspecified atom stereocenters. The van der Waals surface area contributed by atoms with E-state index >= 15 is 4.39 Å². The lowest BCUT2D eigenvalue weighted by atomic mass is 9.93. The highest BCUT2D eigenvalue weighted by molar-refractivity contribution is 5.94. The van der Waals surface area contributed by atoms with Crippen LogP contribution < -0.4 is 27.4 Å². The van der Waals surface area contributed by atoms with Gasteiger partial charge in [-0.3, -0.25) is 33.1 Å². The number of aromatic nitrogens is 4. The van der Waals surface area contributed by atoms with Gasteiger partial charge in [-0.05, 0) is 85.8 Å². The number of fused-ring (bicyclic) bond motifs is 1. The van der Waals surface area contributed by atoms with E-state index in [1.807, 2.05) is 43.3 Å². The van der Waals surface area contributed by atoms with E-state index in [9.17, 15) is 19.2 Å². The van der Waals surface area contributed by atoms with E-state index in [4.69, 9.17) is 0 Å². The summed E-state index contributed by atoms with van der Waals surface area (Å²) in [6.45, 7) is 4.91. The number of benzene rings is 3. The molecule has 7 rings (SSSR count). The number of carbonyl (C=O) groups excluding carboxylic acids is 1. The van der Waals surface area contributed by atoms with Crippen molar-refractivity contribution < 1.29 is 9.18 Å². The summed E-state index contributed by atoms with van der Waals surface area (Å²) in [6, 6.07) is 22.5. The molecule has 0 bridgehead atoms. The number of amides is 1. The van der Waals surface area contributed by atoms with Crippen molar-refractivity contribution in [2.24, 2.45) is 7.05 Å². The molecule has 1 aliphatic carbocycles. The van der Waals surface area contributed by atoms with E-state index < -0.39 is 22.6 Å². The number of aryl methyl sites for hydroxylation is 2. The summed E-state index contributed by atoms with van der Waals surface area (Å²) < 4.78 is 19.9. The Balaban J connectivity index is 1.42. The van der Waals surface area contributed by atoms with Gasteiger partial charge >= 0.3 is 5.69 Å². The second-order valence-electron chi connectivity index (χ2n) is 12.3. The molecule has 3 aromatic heterocycles. The number of nitrogens with one attached hydrogen (secondary N) is 2. The molecular weight excluding hydrogens is 623 g/mol. The number of carbonyl (C=O) groups is 1. The summed E-state index contributed by atoms with van der Waals surface area (Å²) in [5.41, 5.74) is 3.53. The minimum atomic E-state index is -0.606. The molecule has 3 aromatic carbocycles. The van der Waals surface area contributed by atoms with Crippen LogP contribution in [0.2, 0.25) is 0 Å². The molecule has 2 N–H and O–H groups in total. The fourth-order valence-corrected chi connectivity index (χ4v) is 6.45. The number of halogens is 1. The predicted molar refractivity (Wildman–Crippen MR) is 189 cm³/mol. The summed E-state index contributed by atoms with van der Waals surface area (Å²) in [6.07, 6.45) is 3.01. The number of nitrogens with zero attached hydrogens (tertiary/aromatic N) is 4. The lowest BCUT2D eigenvalue weighted by molar-refractivity contribution is -0.114. The van der Waals surface area contributed by atoms with Crippen LogP contribution in [0, 0.1) is 19.7 Å². The molecule has 10 nitrogen and oxygen atoms in total. The molecule has 49 heavy (non-hydrogen) atoms. The zero-order chi connectivity index (χ0) is 34.6. The Morgan fingerprint density at radius 3 is 2.39 bits per heavy atom. The molecule has 11 heteroatoms. The van der Waals surface area contributed by atoms with Crippen LogP contribution in [0.25, 0.3) is 39.0 Å². The first-order valence-electron chi connectivity index (χ1n) is 15.9. The van der Waals surface area contributed by atoms with Gasteiger partial charge in [0, 0.05) is 43.0 Å². The zero-order valence-electron chi connectivity index (χ0n) is 27.4. The van der Waals surface area contributed by atoms with Gasteiger partial charge in [0.1, 0.15) is 17.0 Å². The third kappa shape index (κ3) is 5.52. The second-order valence-corrected chi connectivity index (χ2v) is 12.3. The smallest absolute Gasteiger partial charge is 0.336 e. The molecule has 3 heterocycles.